The molecule has 11 nitrogen and oxygen atoms in total. The molecule has 2 aliphatic heterocycles. The van der Waals surface area contributed by atoms with Crippen LogP contribution < -0.4 is 4.90 Å². The Morgan fingerprint density at radius 1 is 0.979 bits per heavy atom. The summed E-state index contributed by atoms with van der Waals surface area (Å²) < 4.78 is 36.7. The lowest BCUT2D eigenvalue weighted by atomic mass is 9.74. The second kappa shape index (κ2) is 17.3. The van der Waals surface area contributed by atoms with Crippen LogP contribution in [0.3, 0.4) is 0 Å². The van der Waals surface area contributed by atoms with E-state index in [0.29, 0.717) is 109 Å². The number of anilines is 1. The number of nitrogens with zero attached hydrogens (tertiary/aromatic N) is 5. The third-order valence-electron chi connectivity index (χ3n) is 8.87. The molecular weight excluding hydrogens is 629 g/mol. The first kappa shape index (κ1) is 35.2. The first-order valence-corrected chi connectivity index (χ1v) is 16.9. The fourth-order valence-electron chi connectivity index (χ4n) is 6.42. The van der Waals surface area contributed by atoms with Gasteiger partial charge in [-0.3, -0.25) is 19.0 Å². The number of fused-ring (bicyclic) bond motifs is 3. The monoisotopic (exact) mass is 673 g/mol. The molecule has 13 heteroatoms. The summed E-state index contributed by atoms with van der Waals surface area (Å²) in [5.41, 5.74) is 2.62. The van der Waals surface area contributed by atoms with Crippen molar-refractivity contribution < 1.29 is 32.9 Å². The number of carbonyl (C=O) groups excluding carboxylic acids is 2. The Bertz CT molecular complexity index is 1480. The highest BCUT2D eigenvalue weighted by molar-refractivity contribution is 6.31. The van der Waals surface area contributed by atoms with Crippen molar-refractivity contribution in [3.8, 4) is 0 Å². The molecule has 0 bridgehead atoms. The molecule has 0 radical (unpaired) electrons. The van der Waals surface area contributed by atoms with E-state index in [9.17, 15) is 14.0 Å². The van der Waals surface area contributed by atoms with Crippen LogP contribution in [0.25, 0.3) is 11.0 Å². The molecule has 2 aromatic heterocycles. The Morgan fingerprint density at radius 2 is 1.68 bits per heavy atom. The average Bonchev–Trinajstić information content (AvgIpc) is 3.53. The molecule has 2 aliphatic rings. The second-order valence-corrected chi connectivity index (χ2v) is 12.2. The van der Waals surface area contributed by atoms with Crippen LogP contribution in [-0.4, -0.2) is 104 Å². The van der Waals surface area contributed by atoms with Gasteiger partial charge in [-0.25, -0.2) is 4.98 Å². The molecule has 0 N–H and O–H groups in total. The maximum atomic E-state index is 14.3. The van der Waals surface area contributed by atoms with Gasteiger partial charge in [-0.05, 0) is 62.4 Å². The molecule has 5 rings (SSSR count). The van der Waals surface area contributed by atoms with E-state index in [-0.39, 0.29) is 31.5 Å². The number of benzene rings is 1. The first-order chi connectivity index (χ1) is 23.0. The highest BCUT2D eigenvalue weighted by Gasteiger charge is 2.52. The predicted molar refractivity (Wildman–Crippen MR) is 176 cm³/mol. The van der Waals surface area contributed by atoms with Gasteiger partial charge in [-0.1, -0.05) is 11.6 Å². The minimum Gasteiger partial charge on any atom is -0.379 e. The molecule has 1 aromatic carbocycles. The lowest BCUT2D eigenvalue weighted by molar-refractivity contribution is -0.136. The lowest BCUT2D eigenvalue weighted by Gasteiger charge is -2.38. The second-order valence-electron chi connectivity index (χ2n) is 11.7. The number of hydrogen-bond acceptors (Lipinski definition) is 8. The molecule has 3 aromatic rings. The van der Waals surface area contributed by atoms with Crippen LogP contribution in [0.2, 0.25) is 5.02 Å². The molecule has 0 aliphatic carbocycles. The van der Waals surface area contributed by atoms with Crippen molar-refractivity contribution in [2.24, 2.45) is 0 Å². The topological polar surface area (TPSA) is 108 Å². The van der Waals surface area contributed by atoms with Crippen molar-refractivity contribution in [2.75, 3.05) is 77.5 Å². The predicted octanol–water partition coefficient (Wildman–Crippen LogP) is 4.72. The highest BCUT2D eigenvalue weighted by atomic mass is 35.5. The van der Waals surface area contributed by atoms with Crippen LogP contribution in [0.4, 0.5) is 10.1 Å². The van der Waals surface area contributed by atoms with E-state index in [1.54, 1.807) is 17.3 Å². The zero-order chi connectivity index (χ0) is 33.1. The molecule has 1 fully saturated rings. The normalized spacial score (nSPS) is 15.7. The molecular formula is C34H45ClFN5O6. The van der Waals surface area contributed by atoms with Gasteiger partial charge in [0.2, 0.25) is 11.8 Å². The van der Waals surface area contributed by atoms with E-state index in [1.807, 2.05) is 36.1 Å². The number of hydrogen-bond donors (Lipinski definition) is 0. The molecule has 4 heterocycles. The van der Waals surface area contributed by atoms with Crippen LogP contribution >= 0.6 is 11.6 Å². The molecule has 1 spiro atoms. The molecule has 0 unspecified atom stereocenters. The van der Waals surface area contributed by atoms with E-state index < -0.39 is 5.41 Å². The summed E-state index contributed by atoms with van der Waals surface area (Å²) in [4.78, 5) is 40.1. The average molecular weight is 674 g/mol. The highest BCUT2D eigenvalue weighted by Crippen LogP contribution is 2.48. The Balaban J connectivity index is 1.14. The number of alkyl halides is 1. The number of aryl methyl sites for hydroxylation is 1. The van der Waals surface area contributed by atoms with E-state index in [4.69, 9.17) is 35.5 Å². The third-order valence-corrected chi connectivity index (χ3v) is 9.10. The van der Waals surface area contributed by atoms with Gasteiger partial charge >= 0.3 is 0 Å². The maximum Gasteiger partial charge on any atom is 0.238 e. The van der Waals surface area contributed by atoms with Gasteiger partial charge in [0.05, 0.1) is 94.2 Å². The van der Waals surface area contributed by atoms with Crippen LogP contribution in [0, 0.1) is 0 Å². The Labute approximate surface area is 280 Å². The fraction of sp³-hybridized carbons (Fsp3) is 0.588. The summed E-state index contributed by atoms with van der Waals surface area (Å²) in [5.74, 6) is 0.725. The molecule has 0 saturated carbocycles. The number of unbranched alkanes of at least 4 members (excludes halogenated alkanes) is 1. The number of imidazole rings is 1. The molecule has 47 heavy (non-hydrogen) atoms. The van der Waals surface area contributed by atoms with E-state index in [1.165, 1.54) is 0 Å². The van der Waals surface area contributed by atoms with Gasteiger partial charge in [0.25, 0.3) is 0 Å². The van der Waals surface area contributed by atoms with Gasteiger partial charge in [-0.2, -0.15) is 0 Å². The minimum absolute atomic E-state index is 0.00368. The Hall–Kier alpha value is -3.16. The summed E-state index contributed by atoms with van der Waals surface area (Å²) in [7, 11) is 0. The van der Waals surface area contributed by atoms with Crippen molar-refractivity contribution in [2.45, 2.75) is 57.5 Å². The summed E-state index contributed by atoms with van der Waals surface area (Å²) in [6, 6.07) is 7.47. The van der Waals surface area contributed by atoms with Crippen LogP contribution in [0.15, 0.2) is 36.7 Å². The smallest absolute Gasteiger partial charge is 0.238 e. The van der Waals surface area contributed by atoms with Crippen LogP contribution in [0.1, 0.15) is 50.4 Å². The van der Waals surface area contributed by atoms with E-state index in [0.717, 1.165) is 22.3 Å². The van der Waals surface area contributed by atoms with Crippen LogP contribution in [0.5, 0.6) is 0 Å². The van der Waals surface area contributed by atoms with E-state index >= 15 is 0 Å². The number of aromatic nitrogens is 3. The van der Waals surface area contributed by atoms with Crippen molar-refractivity contribution in [1.82, 2.24) is 19.4 Å². The maximum absolute atomic E-state index is 14.3. The molecule has 1 saturated heterocycles. The summed E-state index contributed by atoms with van der Waals surface area (Å²) in [6.07, 6.45) is 5.89. The SMILES string of the molecule is CCOCCOCCOCCOCCC(=O)N1CCC2(CC1)C(=O)N(Cc1nc3cc(Cl)ccc3n1CCCCF)c1cnccc12. The van der Waals surface area contributed by atoms with Crippen molar-refractivity contribution >= 4 is 40.1 Å². The first-order valence-electron chi connectivity index (χ1n) is 16.5. The quantitative estimate of drug-likeness (QED) is 0.168. The standard InChI is InChI=1S/C34H45ClFN5O6/c1-2-44-17-18-46-21-22-47-20-19-45-16-8-32(42)39-14-9-34(10-15-39)27-7-12-37-24-30(27)41(33(34)43)25-31-38-28-23-26(35)5-6-29(28)40(31)13-4-3-11-36/h5-7,12,23-24H,2-4,8-11,13-22,25H2,1H3. The number of halogens is 2. The lowest BCUT2D eigenvalue weighted by Crippen LogP contribution is -2.50. The summed E-state index contributed by atoms with van der Waals surface area (Å²) in [5, 5.41) is 0.580. The minimum atomic E-state index is -0.732. The number of likely N-dealkylation sites (tertiary alicyclic amines) is 1. The van der Waals surface area contributed by atoms with Crippen LogP contribution in [-0.2, 0) is 47.0 Å². The van der Waals surface area contributed by atoms with Gasteiger partial charge in [0.15, 0.2) is 0 Å². The fourth-order valence-corrected chi connectivity index (χ4v) is 6.58. The van der Waals surface area contributed by atoms with Gasteiger partial charge in [0.1, 0.15) is 5.82 Å². The summed E-state index contributed by atoms with van der Waals surface area (Å²) in [6.45, 7) is 7.31. The zero-order valence-electron chi connectivity index (χ0n) is 27.1. The molecule has 0 atom stereocenters. The number of piperidine rings is 1. The Kier molecular flexibility index (Phi) is 12.9. The number of rotatable bonds is 19. The number of pyridine rings is 1. The largest absolute Gasteiger partial charge is 0.379 e. The van der Waals surface area contributed by atoms with E-state index in [2.05, 4.69) is 9.55 Å². The van der Waals surface area contributed by atoms with Gasteiger partial charge < -0.3 is 33.3 Å². The van der Waals surface area contributed by atoms with Gasteiger partial charge in [-0.15, -0.1) is 0 Å². The summed E-state index contributed by atoms with van der Waals surface area (Å²) >= 11 is 6.26. The van der Waals surface area contributed by atoms with Crippen molar-refractivity contribution in [3.05, 3.63) is 53.1 Å². The number of ether oxygens (including phenoxy) is 4. The Morgan fingerprint density at radius 3 is 2.38 bits per heavy atom. The van der Waals surface area contributed by atoms with Crippen molar-refractivity contribution in [1.29, 1.82) is 0 Å². The number of amides is 2. The molecule has 2 amide bonds. The third kappa shape index (κ3) is 8.47. The van der Waals surface area contributed by atoms with Crippen molar-refractivity contribution in [3.63, 3.8) is 0 Å². The molecule has 256 valence electrons. The van der Waals surface area contributed by atoms with Gasteiger partial charge in [0, 0.05) is 37.5 Å². The number of carbonyl (C=O) groups is 2. The zero-order valence-corrected chi connectivity index (χ0v) is 27.9.